The highest BCUT2D eigenvalue weighted by Crippen LogP contribution is 2.13. The molecule has 3 N–H and O–H groups in total. The molecule has 0 saturated heterocycles. The second-order valence-corrected chi connectivity index (χ2v) is 4.46. The van der Waals surface area contributed by atoms with E-state index in [0.717, 1.165) is 22.9 Å². The van der Waals surface area contributed by atoms with Crippen molar-refractivity contribution in [3.63, 3.8) is 0 Å². The number of hydrogen-bond donors (Lipinski definition) is 2. The molecule has 0 unspecified atom stereocenters. The monoisotopic (exact) mass is 265 g/mol. The van der Waals surface area contributed by atoms with Crippen LogP contribution in [0.3, 0.4) is 0 Å². The molecule has 6 nitrogen and oxygen atoms in total. The van der Waals surface area contributed by atoms with Crippen LogP contribution in [0.25, 0.3) is 0 Å². The van der Waals surface area contributed by atoms with E-state index in [1.54, 1.807) is 19.4 Å². The Kier molecular flexibility index (Phi) is 4.43. The molecule has 0 fully saturated rings. The summed E-state index contributed by atoms with van der Waals surface area (Å²) in [5, 5.41) is 4.00. The molecule has 0 amide bonds. The third kappa shape index (κ3) is 3.64. The van der Waals surface area contributed by atoms with Crippen molar-refractivity contribution < 1.29 is 4.74 Å². The Bertz CT molecular complexity index is 484. The van der Waals surface area contributed by atoms with Crippen molar-refractivity contribution in [2.24, 2.45) is 0 Å². The minimum absolute atomic E-state index is 0.525. The molecule has 7 heteroatoms. The topological polar surface area (TPSA) is 86.0 Å². The van der Waals surface area contributed by atoms with Gasteiger partial charge in [0.1, 0.15) is 11.6 Å². The zero-order valence-corrected chi connectivity index (χ0v) is 10.9. The fourth-order valence-corrected chi connectivity index (χ4v) is 1.95. The predicted octanol–water partition coefficient (Wildman–Crippen LogP) is 1.32. The summed E-state index contributed by atoms with van der Waals surface area (Å²) in [5.74, 6) is 1.33. The lowest BCUT2D eigenvalue weighted by Crippen LogP contribution is -2.01. The summed E-state index contributed by atoms with van der Waals surface area (Å²) in [7, 11) is 1.67. The summed E-state index contributed by atoms with van der Waals surface area (Å²) in [5.41, 5.74) is 6.57. The van der Waals surface area contributed by atoms with Gasteiger partial charge >= 0.3 is 0 Å². The first kappa shape index (κ1) is 12.7. The molecule has 2 rings (SSSR count). The van der Waals surface area contributed by atoms with Crippen LogP contribution in [0.2, 0.25) is 0 Å². The molecule has 0 aliphatic rings. The van der Waals surface area contributed by atoms with Crippen molar-refractivity contribution in [1.29, 1.82) is 0 Å². The highest BCUT2D eigenvalue weighted by atomic mass is 32.1. The molecule has 96 valence electrons. The summed E-state index contributed by atoms with van der Waals surface area (Å²) < 4.78 is 9.21. The van der Waals surface area contributed by atoms with Gasteiger partial charge in [0.05, 0.1) is 6.61 Å². The van der Waals surface area contributed by atoms with E-state index in [1.807, 2.05) is 6.07 Å². The van der Waals surface area contributed by atoms with Crippen molar-refractivity contribution >= 4 is 22.5 Å². The Labute approximate surface area is 109 Å². The van der Waals surface area contributed by atoms with Crippen molar-refractivity contribution in [2.45, 2.75) is 13.0 Å². The first-order chi connectivity index (χ1) is 8.78. The van der Waals surface area contributed by atoms with Crippen LogP contribution in [-0.4, -0.2) is 28.1 Å². The minimum Gasteiger partial charge on any atom is -0.384 e. The van der Waals surface area contributed by atoms with E-state index in [1.165, 1.54) is 11.5 Å². The molecule has 0 atom stereocenters. The zero-order chi connectivity index (χ0) is 12.8. The summed E-state index contributed by atoms with van der Waals surface area (Å²) in [6, 6.07) is 3.71. The van der Waals surface area contributed by atoms with Gasteiger partial charge in [0.25, 0.3) is 0 Å². The van der Waals surface area contributed by atoms with Crippen molar-refractivity contribution in [3.05, 3.63) is 29.7 Å². The summed E-state index contributed by atoms with van der Waals surface area (Å²) >= 11 is 1.35. The van der Waals surface area contributed by atoms with Crippen LogP contribution in [0, 0.1) is 0 Å². The normalized spacial score (nSPS) is 10.5. The van der Waals surface area contributed by atoms with Gasteiger partial charge in [0, 0.05) is 37.8 Å². The fourth-order valence-electron chi connectivity index (χ4n) is 1.34. The van der Waals surface area contributed by atoms with E-state index in [4.69, 9.17) is 10.5 Å². The number of rotatable bonds is 6. The van der Waals surface area contributed by atoms with Gasteiger partial charge in [-0.25, -0.2) is 9.97 Å². The Morgan fingerprint density at radius 2 is 2.33 bits per heavy atom. The van der Waals surface area contributed by atoms with Gasteiger partial charge < -0.3 is 15.8 Å². The molecule has 2 aromatic heterocycles. The molecule has 0 aliphatic heterocycles. The van der Waals surface area contributed by atoms with E-state index in [9.17, 15) is 0 Å². The van der Waals surface area contributed by atoms with Gasteiger partial charge in [-0.3, -0.25) is 0 Å². The van der Waals surface area contributed by atoms with Crippen LogP contribution in [0.5, 0.6) is 0 Å². The first-order valence-electron chi connectivity index (χ1n) is 5.53. The lowest BCUT2D eigenvalue weighted by Gasteiger charge is -2.01. The van der Waals surface area contributed by atoms with E-state index >= 15 is 0 Å². The Morgan fingerprint density at radius 1 is 1.44 bits per heavy atom. The smallest absolute Gasteiger partial charge is 0.202 e. The average Bonchev–Trinajstić information content (AvgIpc) is 2.84. The zero-order valence-electron chi connectivity index (χ0n) is 10.1. The number of methoxy groups -OCH3 is 1. The third-order valence-corrected chi connectivity index (χ3v) is 3.00. The molecule has 18 heavy (non-hydrogen) atoms. The second kappa shape index (κ2) is 6.27. The summed E-state index contributed by atoms with van der Waals surface area (Å²) in [6.07, 6.45) is 2.48. The molecule has 2 aromatic rings. The maximum atomic E-state index is 5.52. The number of nitrogen functional groups attached to an aromatic ring is 1. The van der Waals surface area contributed by atoms with Gasteiger partial charge in [-0.1, -0.05) is 6.07 Å². The highest BCUT2D eigenvalue weighted by Gasteiger charge is 2.03. The van der Waals surface area contributed by atoms with Gasteiger partial charge in [0.15, 0.2) is 0 Å². The standard InChI is InChI=1S/C11H15N5OS/c1-17-5-4-10-15-11(18-16-10)14-7-8-2-3-9(12)13-6-8/h2-3,6H,4-5,7H2,1H3,(H2,12,13)(H,14,15,16). The number of nitrogens with two attached hydrogens (primary N) is 1. The Morgan fingerprint density at radius 3 is 3.06 bits per heavy atom. The van der Waals surface area contributed by atoms with Crippen LogP contribution >= 0.6 is 11.5 Å². The number of aromatic nitrogens is 3. The summed E-state index contributed by atoms with van der Waals surface area (Å²) in [4.78, 5) is 8.38. The highest BCUT2D eigenvalue weighted by molar-refractivity contribution is 7.09. The van der Waals surface area contributed by atoms with Crippen LogP contribution in [0.15, 0.2) is 18.3 Å². The fraction of sp³-hybridized carbons (Fsp3) is 0.364. The Balaban J connectivity index is 1.86. The third-order valence-electron chi connectivity index (χ3n) is 2.29. The Hall–Kier alpha value is -1.73. The van der Waals surface area contributed by atoms with E-state index < -0.39 is 0 Å². The average molecular weight is 265 g/mol. The lowest BCUT2D eigenvalue weighted by atomic mass is 10.3. The first-order valence-corrected chi connectivity index (χ1v) is 6.31. The molecule has 0 aliphatic carbocycles. The number of nitrogens with zero attached hydrogens (tertiary/aromatic N) is 3. The molecule has 0 aromatic carbocycles. The van der Waals surface area contributed by atoms with Crippen molar-refractivity contribution in [2.75, 3.05) is 24.8 Å². The number of anilines is 2. The largest absolute Gasteiger partial charge is 0.384 e. The molecular formula is C11H15N5OS. The van der Waals surface area contributed by atoms with Crippen LogP contribution in [-0.2, 0) is 17.7 Å². The van der Waals surface area contributed by atoms with Crippen molar-refractivity contribution in [3.8, 4) is 0 Å². The van der Waals surface area contributed by atoms with Gasteiger partial charge in [-0.05, 0) is 11.6 Å². The number of nitrogens with one attached hydrogen (secondary N) is 1. The SMILES string of the molecule is COCCc1nsc(NCc2ccc(N)nc2)n1. The molecule has 0 radical (unpaired) electrons. The van der Waals surface area contributed by atoms with Gasteiger partial charge in [-0.15, -0.1) is 0 Å². The number of pyridine rings is 1. The number of ether oxygens (including phenoxy) is 1. The molecule has 0 saturated carbocycles. The minimum atomic E-state index is 0.525. The van der Waals surface area contributed by atoms with Crippen LogP contribution in [0.1, 0.15) is 11.4 Å². The maximum absolute atomic E-state index is 5.52. The molecular weight excluding hydrogens is 250 g/mol. The molecule has 0 spiro atoms. The van der Waals surface area contributed by atoms with Crippen LogP contribution < -0.4 is 11.1 Å². The lowest BCUT2D eigenvalue weighted by molar-refractivity contribution is 0.201. The van der Waals surface area contributed by atoms with Crippen molar-refractivity contribution in [1.82, 2.24) is 14.3 Å². The van der Waals surface area contributed by atoms with Gasteiger partial charge in [-0.2, -0.15) is 4.37 Å². The van der Waals surface area contributed by atoms with E-state index in [-0.39, 0.29) is 0 Å². The second-order valence-electron chi connectivity index (χ2n) is 3.70. The molecule has 0 bridgehead atoms. The maximum Gasteiger partial charge on any atom is 0.202 e. The van der Waals surface area contributed by atoms with Gasteiger partial charge in [0.2, 0.25) is 5.13 Å². The van der Waals surface area contributed by atoms with E-state index in [2.05, 4.69) is 19.7 Å². The molecule has 2 heterocycles. The predicted molar refractivity (Wildman–Crippen MR) is 71.5 cm³/mol. The summed E-state index contributed by atoms with van der Waals surface area (Å²) in [6.45, 7) is 1.30. The quantitative estimate of drug-likeness (QED) is 0.819. The van der Waals surface area contributed by atoms with E-state index in [0.29, 0.717) is 19.0 Å². The number of hydrogen-bond acceptors (Lipinski definition) is 7. The van der Waals surface area contributed by atoms with Crippen LogP contribution in [0.4, 0.5) is 10.9 Å².